The van der Waals surface area contributed by atoms with Crippen molar-refractivity contribution in [1.29, 1.82) is 0 Å². The predicted molar refractivity (Wildman–Crippen MR) is 106 cm³/mol. The number of carbonyl (C=O) groups is 1. The van der Waals surface area contributed by atoms with Crippen molar-refractivity contribution in [3.8, 4) is 0 Å². The minimum absolute atomic E-state index is 0.0549. The van der Waals surface area contributed by atoms with E-state index in [0.29, 0.717) is 12.6 Å². The van der Waals surface area contributed by atoms with Gasteiger partial charge in [-0.25, -0.2) is 4.79 Å². The Morgan fingerprint density at radius 3 is 2.19 bits per heavy atom. The highest BCUT2D eigenvalue weighted by atomic mass is 16.2. The van der Waals surface area contributed by atoms with Gasteiger partial charge in [-0.1, -0.05) is 60.7 Å². The third-order valence-corrected chi connectivity index (χ3v) is 5.16. The van der Waals surface area contributed by atoms with Crippen molar-refractivity contribution in [2.24, 2.45) is 0 Å². The third kappa shape index (κ3) is 5.33. The second-order valence-corrected chi connectivity index (χ2v) is 7.11. The Morgan fingerprint density at radius 2 is 1.58 bits per heavy atom. The van der Waals surface area contributed by atoms with Crippen LogP contribution in [0.2, 0.25) is 0 Å². The third-order valence-electron chi connectivity index (χ3n) is 5.16. The van der Waals surface area contributed by atoms with Gasteiger partial charge in [0.1, 0.15) is 0 Å². The Kier molecular flexibility index (Phi) is 6.67. The predicted octanol–water partition coefficient (Wildman–Crippen LogP) is 3.54. The zero-order valence-corrected chi connectivity index (χ0v) is 15.6. The summed E-state index contributed by atoms with van der Waals surface area (Å²) in [7, 11) is 2.15. The van der Waals surface area contributed by atoms with Crippen LogP contribution in [0.1, 0.15) is 24.0 Å². The van der Waals surface area contributed by atoms with Crippen LogP contribution in [-0.4, -0.2) is 48.6 Å². The number of amides is 2. The molecule has 1 fully saturated rings. The van der Waals surface area contributed by atoms with E-state index in [1.165, 1.54) is 5.56 Å². The molecule has 1 aliphatic rings. The number of benzene rings is 2. The Labute approximate surface area is 156 Å². The largest absolute Gasteiger partial charge is 0.334 e. The lowest BCUT2D eigenvalue weighted by Crippen LogP contribution is -2.50. The van der Waals surface area contributed by atoms with Crippen molar-refractivity contribution in [3.63, 3.8) is 0 Å². The maximum atomic E-state index is 12.9. The number of hydrogen-bond acceptors (Lipinski definition) is 2. The van der Waals surface area contributed by atoms with Crippen molar-refractivity contribution >= 4 is 6.03 Å². The van der Waals surface area contributed by atoms with Crippen LogP contribution in [0.3, 0.4) is 0 Å². The van der Waals surface area contributed by atoms with Crippen molar-refractivity contribution < 1.29 is 4.79 Å². The van der Waals surface area contributed by atoms with Crippen LogP contribution in [0.5, 0.6) is 0 Å². The fourth-order valence-electron chi connectivity index (χ4n) is 3.53. The molecule has 0 aliphatic carbocycles. The van der Waals surface area contributed by atoms with E-state index in [1.807, 2.05) is 36.4 Å². The first kappa shape index (κ1) is 18.5. The fraction of sp³-hybridized carbons (Fsp3) is 0.409. The monoisotopic (exact) mass is 351 g/mol. The van der Waals surface area contributed by atoms with Gasteiger partial charge in [0.2, 0.25) is 0 Å². The number of hydrogen-bond donors (Lipinski definition) is 1. The molecule has 0 unspecified atom stereocenters. The number of likely N-dealkylation sites (tertiary alicyclic amines) is 1. The molecule has 0 radical (unpaired) electrons. The van der Waals surface area contributed by atoms with E-state index in [0.717, 1.165) is 44.5 Å². The standard InChI is InChI=1S/C22H29N3O/c1-24-15-13-21(14-16-24)25(17-12-19-8-4-2-5-9-19)22(26)23-18-20-10-6-3-7-11-20/h2-11,21H,12-18H2,1H3,(H,23,26). The van der Waals surface area contributed by atoms with Crippen molar-refractivity contribution in [1.82, 2.24) is 15.1 Å². The van der Waals surface area contributed by atoms with E-state index >= 15 is 0 Å². The first-order valence-electron chi connectivity index (χ1n) is 9.53. The molecular weight excluding hydrogens is 322 g/mol. The van der Waals surface area contributed by atoms with Crippen LogP contribution in [0.25, 0.3) is 0 Å². The van der Waals surface area contributed by atoms with Crippen molar-refractivity contribution in [2.75, 3.05) is 26.7 Å². The number of nitrogens with one attached hydrogen (secondary N) is 1. The van der Waals surface area contributed by atoms with Gasteiger partial charge in [0, 0.05) is 19.1 Å². The molecule has 2 aromatic rings. The summed E-state index contributed by atoms with van der Waals surface area (Å²) < 4.78 is 0. The molecule has 4 heteroatoms. The summed E-state index contributed by atoms with van der Waals surface area (Å²) in [5, 5.41) is 3.12. The first-order chi connectivity index (χ1) is 12.7. The van der Waals surface area contributed by atoms with Gasteiger partial charge >= 0.3 is 6.03 Å². The SMILES string of the molecule is CN1CCC(N(CCc2ccccc2)C(=O)NCc2ccccc2)CC1. The number of urea groups is 1. The quantitative estimate of drug-likeness (QED) is 0.864. The Bertz CT molecular complexity index is 666. The number of piperidine rings is 1. The zero-order chi connectivity index (χ0) is 18.2. The fourth-order valence-corrected chi connectivity index (χ4v) is 3.53. The maximum Gasteiger partial charge on any atom is 0.317 e. The topological polar surface area (TPSA) is 35.6 Å². The second-order valence-electron chi connectivity index (χ2n) is 7.11. The molecular formula is C22H29N3O. The Morgan fingerprint density at radius 1 is 1.00 bits per heavy atom. The van der Waals surface area contributed by atoms with E-state index in [4.69, 9.17) is 0 Å². The van der Waals surface area contributed by atoms with E-state index in [2.05, 4.69) is 46.4 Å². The minimum Gasteiger partial charge on any atom is -0.334 e. The van der Waals surface area contributed by atoms with Crippen LogP contribution < -0.4 is 5.32 Å². The van der Waals surface area contributed by atoms with Crippen LogP contribution in [0.15, 0.2) is 60.7 Å². The van der Waals surface area contributed by atoms with E-state index in [-0.39, 0.29) is 6.03 Å². The van der Waals surface area contributed by atoms with Gasteiger partial charge in [0.15, 0.2) is 0 Å². The van der Waals surface area contributed by atoms with Gasteiger partial charge in [0.05, 0.1) is 0 Å². The van der Waals surface area contributed by atoms with Crippen LogP contribution in [-0.2, 0) is 13.0 Å². The summed E-state index contributed by atoms with van der Waals surface area (Å²) in [4.78, 5) is 17.3. The molecule has 3 rings (SSSR count). The van der Waals surface area contributed by atoms with Gasteiger partial charge in [-0.05, 0) is 50.5 Å². The number of nitrogens with zero attached hydrogens (tertiary/aromatic N) is 2. The van der Waals surface area contributed by atoms with Crippen molar-refractivity contribution in [3.05, 3.63) is 71.8 Å². The molecule has 0 bridgehead atoms. The smallest absolute Gasteiger partial charge is 0.317 e. The summed E-state index contributed by atoms with van der Waals surface area (Å²) in [5.41, 5.74) is 2.41. The minimum atomic E-state index is 0.0549. The summed E-state index contributed by atoms with van der Waals surface area (Å²) in [6.45, 7) is 3.45. The Balaban J connectivity index is 1.62. The average Bonchev–Trinajstić information content (AvgIpc) is 2.69. The molecule has 1 aliphatic heterocycles. The molecule has 2 aromatic carbocycles. The highest BCUT2D eigenvalue weighted by molar-refractivity contribution is 5.74. The van der Waals surface area contributed by atoms with Gasteiger partial charge in [-0.15, -0.1) is 0 Å². The van der Waals surface area contributed by atoms with Crippen molar-refractivity contribution in [2.45, 2.75) is 31.8 Å². The van der Waals surface area contributed by atoms with E-state index < -0.39 is 0 Å². The van der Waals surface area contributed by atoms with Crippen LogP contribution in [0, 0.1) is 0 Å². The maximum absolute atomic E-state index is 12.9. The molecule has 138 valence electrons. The van der Waals surface area contributed by atoms with E-state index in [1.54, 1.807) is 0 Å². The van der Waals surface area contributed by atoms with Gasteiger partial charge in [0.25, 0.3) is 0 Å². The summed E-state index contributed by atoms with van der Waals surface area (Å²) in [6.07, 6.45) is 2.99. The molecule has 1 N–H and O–H groups in total. The summed E-state index contributed by atoms with van der Waals surface area (Å²) in [6, 6.07) is 20.9. The Hall–Kier alpha value is -2.33. The zero-order valence-electron chi connectivity index (χ0n) is 15.6. The molecule has 0 spiro atoms. The summed E-state index contributed by atoms with van der Waals surface area (Å²) >= 11 is 0. The highest BCUT2D eigenvalue weighted by Gasteiger charge is 2.26. The molecule has 0 aromatic heterocycles. The van der Waals surface area contributed by atoms with Gasteiger partial charge in [-0.2, -0.15) is 0 Å². The highest BCUT2D eigenvalue weighted by Crippen LogP contribution is 2.17. The normalized spacial score (nSPS) is 15.6. The lowest BCUT2D eigenvalue weighted by Gasteiger charge is -2.37. The second kappa shape index (κ2) is 9.39. The molecule has 0 saturated carbocycles. The number of rotatable bonds is 6. The van der Waals surface area contributed by atoms with Gasteiger partial charge in [-0.3, -0.25) is 0 Å². The first-order valence-corrected chi connectivity index (χ1v) is 9.53. The van der Waals surface area contributed by atoms with Crippen LogP contribution in [0.4, 0.5) is 4.79 Å². The molecule has 26 heavy (non-hydrogen) atoms. The number of carbonyl (C=O) groups excluding carboxylic acids is 1. The molecule has 1 saturated heterocycles. The molecule has 0 atom stereocenters. The van der Waals surface area contributed by atoms with E-state index in [9.17, 15) is 4.79 Å². The average molecular weight is 351 g/mol. The molecule has 1 heterocycles. The molecule has 2 amide bonds. The lowest BCUT2D eigenvalue weighted by molar-refractivity contribution is 0.132. The van der Waals surface area contributed by atoms with Gasteiger partial charge < -0.3 is 15.1 Å². The van der Waals surface area contributed by atoms with Crippen LogP contribution >= 0.6 is 0 Å². The lowest BCUT2D eigenvalue weighted by atomic mass is 10.0. The molecule has 4 nitrogen and oxygen atoms in total. The summed E-state index contributed by atoms with van der Waals surface area (Å²) in [5.74, 6) is 0.